The van der Waals surface area contributed by atoms with Crippen LogP contribution in [0.4, 0.5) is 0 Å². The van der Waals surface area contributed by atoms with Crippen molar-refractivity contribution >= 4 is 5.91 Å². The van der Waals surface area contributed by atoms with Crippen LogP contribution in [0.25, 0.3) is 0 Å². The van der Waals surface area contributed by atoms with E-state index in [1.54, 1.807) is 0 Å². The molecule has 4 heteroatoms. The third kappa shape index (κ3) is 5.03. The van der Waals surface area contributed by atoms with Crippen molar-refractivity contribution in [2.24, 2.45) is 46.3 Å². The molecule has 0 aromatic carbocycles. The van der Waals surface area contributed by atoms with Gasteiger partial charge in [0.2, 0.25) is 5.91 Å². The maximum Gasteiger partial charge on any atom is 0.220 e. The number of carbonyl (C=O) groups excluding carboxylic acids is 1. The second-order valence-electron chi connectivity index (χ2n) is 14.2. The van der Waals surface area contributed by atoms with Crippen LogP contribution in [0.1, 0.15) is 91.4 Å². The second kappa shape index (κ2) is 9.45. The van der Waals surface area contributed by atoms with Crippen LogP contribution in [0.15, 0.2) is 0 Å². The minimum Gasteiger partial charge on any atom is -0.393 e. The average Bonchev–Trinajstić information content (AvgIpc) is 3.09. The third-order valence-electron chi connectivity index (χ3n) is 11.3. The monoisotopic (exact) mass is 461 g/mol. The van der Waals surface area contributed by atoms with Crippen LogP contribution in [0, 0.1) is 46.3 Å². The first-order chi connectivity index (χ1) is 15.4. The molecule has 33 heavy (non-hydrogen) atoms. The molecule has 4 aliphatic rings. The molecule has 4 aliphatic carbocycles. The van der Waals surface area contributed by atoms with Gasteiger partial charge in [0.05, 0.1) is 40.3 Å². The summed E-state index contributed by atoms with van der Waals surface area (Å²) in [5.41, 5.74) is 0.940. The van der Waals surface area contributed by atoms with Crippen LogP contribution in [-0.2, 0) is 4.79 Å². The van der Waals surface area contributed by atoms with Crippen LogP contribution in [-0.4, -0.2) is 55.8 Å². The zero-order chi connectivity index (χ0) is 24.0. The Morgan fingerprint density at radius 3 is 2.42 bits per heavy atom. The van der Waals surface area contributed by atoms with E-state index in [2.05, 4.69) is 47.2 Å². The van der Waals surface area contributed by atoms with Gasteiger partial charge in [-0.3, -0.25) is 4.79 Å². The number of aliphatic hydroxyl groups is 1. The summed E-state index contributed by atoms with van der Waals surface area (Å²) >= 11 is 0. The average molecular weight is 462 g/mol. The molecule has 4 nitrogen and oxygen atoms in total. The van der Waals surface area contributed by atoms with Crippen molar-refractivity contribution in [3.8, 4) is 0 Å². The molecule has 4 unspecified atom stereocenters. The maximum atomic E-state index is 12.5. The van der Waals surface area contributed by atoms with Crippen molar-refractivity contribution in [1.29, 1.82) is 0 Å². The molecule has 0 aromatic rings. The number of likely N-dealkylation sites (N-methyl/N-ethyl adjacent to an activating group) is 1. The van der Waals surface area contributed by atoms with Gasteiger partial charge >= 0.3 is 0 Å². The quantitative estimate of drug-likeness (QED) is 0.509. The first-order valence-corrected chi connectivity index (χ1v) is 14.2. The fourth-order valence-electron chi connectivity index (χ4n) is 9.39. The normalized spacial score (nSPS) is 43.8. The van der Waals surface area contributed by atoms with Crippen molar-refractivity contribution < 1.29 is 14.4 Å². The van der Waals surface area contributed by atoms with Gasteiger partial charge < -0.3 is 14.9 Å². The summed E-state index contributed by atoms with van der Waals surface area (Å²) in [4.78, 5) is 12.5. The number of fused-ring (bicyclic) bond motifs is 5. The Balaban J connectivity index is 1.34. The van der Waals surface area contributed by atoms with Gasteiger partial charge in [-0.2, -0.15) is 0 Å². The minimum absolute atomic E-state index is 0.0464. The first-order valence-electron chi connectivity index (χ1n) is 14.2. The van der Waals surface area contributed by atoms with Crippen LogP contribution in [0.5, 0.6) is 0 Å². The molecule has 0 aliphatic heterocycles. The summed E-state index contributed by atoms with van der Waals surface area (Å²) < 4.78 is 0.890. The van der Waals surface area contributed by atoms with Crippen molar-refractivity contribution in [3.05, 3.63) is 0 Å². The molecule has 0 aromatic heterocycles. The number of carbonyl (C=O) groups is 1. The van der Waals surface area contributed by atoms with Crippen LogP contribution in [0.3, 0.4) is 0 Å². The highest BCUT2D eigenvalue weighted by molar-refractivity contribution is 5.75. The lowest BCUT2D eigenvalue weighted by Crippen LogP contribution is -2.54. The highest BCUT2D eigenvalue weighted by Gasteiger charge is 2.60. The summed E-state index contributed by atoms with van der Waals surface area (Å²) in [7, 11) is 6.51. The molecule has 4 rings (SSSR count). The Labute approximate surface area is 203 Å². The lowest BCUT2D eigenvalue weighted by Gasteiger charge is -2.61. The highest BCUT2D eigenvalue weighted by Crippen LogP contribution is 2.68. The van der Waals surface area contributed by atoms with Gasteiger partial charge in [0, 0.05) is 6.42 Å². The lowest BCUT2D eigenvalue weighted by atomic mass is 9.44. The largest absolute Gasteiger partial charge is 0.393 e. The third-order valence-corrected chi connectivity index (χ3v) is 11.3. The zero-order valence-electron chi connectivity index (χ0n) is 22.5. The molecule has 4 saturated carbocycles. The summed E-state index contributed by atoms with van der Waals surface area (Å²) in [5.74, 6) is 5.06. The molecule has 0 saturated heterocycles. The SMILES string of the molecule is C[C@H](CCC(=O)NCC[N+](C)(C)C)[C@H]1CCC2C3CCC4C[C@H](O)CC[C@]4(C)C3CC[C@@]21C. The predicted molar refractivity (Wildman–Crippen MR) is 136 cm³/mol. The Morgan fingerprint density at radius 2 is 1.70 bits per heavy atom. The van der Waals surface area contributed by atoms with Crippen molar-refractivity contribution in [2.45, 2.75) is 97.5 Å². The van der Waals surface area contributed by atoms with Gasteiger partial charge in [-0.25, -0.2) is 0 Å². The van der Waals surface area contributed by atoms with E-state index in [0.717, 1.165) is 66.4 Å². The first kappa shape index (κ1) is 25.5. The summed E-state index contributed by atoms with van der Waals surface area (Å²) in [6, 6.07) is 0. The van der Waals surface area contributed by atoms with E-state index in [-0.39, 0.29) is 12.0 Å². The van der Waals surface area contributed by atoms with E-state index < -0.39 is 0 Å². The van der Waals surface area contributed by atoms with Gasteiger partial charge in [-0.05, 0) is 111 Å². The molecule has 190 valence electrons. The van der Waals surface area contributed by atoms with E-state index in [1.165, 1.54) is 44.9 Å². The number of hydrogen-bond donors (Lipinski definition) is 2. The molecule has 0 spiro atoms. The molecule has 9 atom stereocenters. The topological polar surface area (TPSA) is 49.3 Å². The minimum atomic E-state index is -0.0464. The molecule has 1 amide bonds. The van der Waals surface area contributed by atoms with Crippen LogP contribution in [0.2, 0.25) is 0 Å². The summed E-state index contributed by atoms with van der Waals surface area (Å²) in [6.07, 6.45) is 13.3. The van der Waals surface area contributed by atoms with Crippen LogP contribution >= 0.6 is 0 Å². The summed E-state index contributed by atoms with van der Waals surface area (Å²) in [5, 5.41) is 13.4. The van der Waals surface area contributed by atoms with Crippen LogP contribution < -0.4 is 5.32 Å². The van der Waals surface area contributed by atoms with Crippen molar-refractivity contribution in [3.63, 3.8) is 0 Å². The predicted octanol–water partition coefficient (Wildman–Crippen LogP) is 5.24. The van der Waals surface area contributed by atoms with E-state index in [1.807, 2.05) is 0 Å². The Bertz CT molecular complexity index is 702. The lowest BCUT2D eigenvalue weighted by molar-refractivity contribution is -0.869. The second-order valence-corrected chi connectivity index (χ2v) is 14.2. The number of quaternary nitrogens is 1. The van der Waals surface area contributed by atoms with E-state index >= 15 is 0 Å². The van der Waals surface area contributed by atoms with Gasteiger partial charge in [0.15, 0.2) is 0 Å². The van der Waals surface area contributed by atoms with E-state index in [9.17, 15) is 9.90 Å². The smallest absolute Gasteiger partial charge is 0.220 e. The molecule has 0 heterocycles. The molecule has 0 radical (unpaired) electrons. The standard InChI is InChI=1S/C29H52N2O2/c1-20(7-12-27(33)30-17-18-31(4,5)6)24-10-11-25-23-9-8-21-19-22(32)13-15-28(21,2)26(23)14-16-29(24,25)3/h20-26,32H,7-19H2,1-6H3/p+1/t20-,21?,22-,23?,24-,25?,26?,28+,29-/m1/s1. The Hall–Kier alpha value is -0.610. The number of nitrogens with zero attached hydrogens (tertiary/aromatic N) is 1. The van der Waals surface area contributed by atoms with Gasteiger partial charge in [-0.15, -0.1) is 0 Å². The van der Waals surface area contributed by atoms with E-state index in [4.69, 9.17) is 0 Å². The number of nitrogens with one attached hydrogen (secondary N) is 1. The molecule has 4 fully saturated rings. The fraction of sp³-hybridized carbons (Fsp3) is 0.966. The van der Waals surface area contributed by atoms with Crippen molar-refractivity contribution in [1.82, 2.24) is 5.32 Å². The Kier molecular flexibility index (Phi) is 7.30. The number of aliphatic hydroxyl groups excluding tert-OH is 1. The van der Waals surface area contributed by atoms with Crippen molar-refractivity contribution in [2.75, 3.05) is 34.2 Å². The fourth-order valence-corrected chi connectivity index (χ4v) is 9.39. The van der Waals surface area contributed by atoms with Gasteiger partial charge in [-0.1, -0.05) is 20.8 Å². The van der Waals surface area contributed by atoms with Gasteiger partial charge in [0.1, 0.15) is 0 Å². The highest BCUT2D eigenvalue weighted by atomic mass is 16.3. The molecule has 2 N–H and O–H groups in total. The zero-order valence-corrected chi connectivity index (χ0v) is 22.5. The molecular weight excluding hydrogens is 408 g/mol. The summed E-state index contributed by atoms with van der Waals surface area (Å²) in [6.45, 7) is 9.41. The number of hydrogen-bond acceptors (Lipinski definition) is 2. The Morgan fingerprint density at radius 1 is 1.00 bits per heavy atom. The van der Waals surface area contributed by atoms with Gasteiger partial charge in [0.25, 0.3) is 0 Å². The number of rotatable bonds is 7. The molecule has 0 bridgehead atoms. The van der Waals surface area contributed by atoms with E-state index in [0.29, 0.717) is 23.2 Å². The maximum absolute atomic E-state index is 12.5. The number of amides is 1. The molecular formula is C29H53N2O2+.